The van der Waals surface area contributed by atoms with Crippen molar-refractivity contribution in [2.75, 3.05) is 39.6 Å². The third-order valence-corrected chi connectivity index (χ3v) is 15.0. The first-order valence-electron chi connectivity index (χ1n) is 27.0. The zero-order valence-corrected chi connectivity index (χ0v) is 44.6. The second-order valence-corrected chi connectivity index (χ2v) is 20.8. The van der Waals surface area contributed by atoms with Crippen molar-refractivity contribution < 1.29 is 148 Å². The van der Waals surface area contributed by atoms with E-state index in [2.05, 4.69) is 5.32 Å². The van der Waals surface area contributed by atoms with Crippen molar-refractivity contribution in [2.24, 2.45) is 0 Å². The lowest BCUT2D eigenvalue weighted by Crippen LogP contribution is -2.70. The third-order valence-electron chi connectivity index (χ3n) is 15.0. The fourth-order valence-corrected chi connectivity index (χ4v) is 10.4. The van der Waals surface area contributed by atoms with Crippen LogP contribution in [-0.2, 0) is 61.6 Å². The number of rotatable bonds is 24. The molecule has 0 aromatic heterocycles. The number of ether oxygens (including phenoxy) is 13. The molecule has 6 saturated heterocycles. The molecular weight excluding hydrogens is 1090 g/mol. The van der Waals surface area contributed by atoms with Crippen LogP contribution in [0.4, 0.5) is 0 Å². The average molecular weight is 1180 g/mol. The summed E-state index contributed by atoms with van der Waals surface area (Å²) in [6.45, 7) is 0.353. The first-order valence-corrected chi connectivity index (χ1v) is 27.0. The molecule has 17 N–H and O–H groups in total. The monoisotopic (exact) mass is 1180 g/mol. The van der Waals surface area contributed by atoms with Crippen LogP contribution in [0.15, 0.2) is 30.3 Å². The molecule has 6 fully saturated rings. The molecule has 0 spiro atoms. The van der Waals surface area contributed by atoms with Gasteiger partial charge in [0.05, 0.1) is 32.5 Å². The van der Waals surface area contributed by atoms with Crippen LogP contribution in [0.5, 0.6) is 5.75 Å². The molecule has 81 heavy (non-hydrogen) atoms. The number of aliphatic hydroxyl groups excluding tert-OH is 16. The molecule has 31 heteroatoms. The first kappa shape index (κ1) is 65.9. The topological polar surface area (TPSA) is 473 Å². The van der Waals surface area contributed by atoms with Crippen LogP contribution in [0, 0.1) is 0 Å². The number of carbonyl (C=O) groups excluding carboxylic acids is 1. The van der Waals surface area contributed by atoms with Gasteiger partial charge < -0.3 is 149 Å². The molecule has 0 radical (unpaired) electrons. The van der Waals surface area contributed by atoms with E-state index in [0.29, 0.717) is 12.2 Å². The molecule has 31 nitrogen and oxygen atoms in total. The summed E-state index contributed by atoms with van der Waals surface area (Å²) in [4.78, 5) is 12.9. The number of aliphatic hydroxyl groups is 16. The second-order valence-electron chi connectivity index (χ2n) is 20.8. The summed E-state index contributed by atoms with van der Waals surface area (Å²) >= 11 is 0. The van der Waals surface area contributed by atoms with Crippen molar-refractivity contribution in [3.8, 4) is 5.75 Å². The predicted molar refractivity (Wildman–Crippen MR) is 262 cm³/mol. The lowest BCUT2D eigenvalue weighted by molar-refractivity contribution is -0.393. The zero-order valence-electron chi connectivity index (χ0n) is 44.6. The maximum absolute atomic E-state index is 12.9. The highest BCUT2D eigenvalue weighted by Gasteiger charge is 2.58. The van der Waals surface area contributed by atoms with Crippen LogP contribution in [0.3, 0.4) is 0 Å². The van der Waals surface area contributed by atoms with Crippen molar-refractivity contribution in [2.45, 2.75) is 231 Å². The summed E-state index contributed by atoms with van der Waals surface area (Å²) in [5, 5.41) is 179. The lowest BCUT2D eigenvalue weighted by Gasteiger charge is -2.51. The van der Waals surface area contributed by atoms with E-state index in [9.17, 15) is 86.5 Å². The first-order chi connectivity index (χ1) is 38.7. The molecule has 0 saturated carbocycles. The molecular formula is C50H81NO30. The molecule has 12 unspecified atom stereocenters. The molecule has 0 bridgehead atoms. The van der Waals surface area contributed by atoms with Crippen LogP contribution in [0.1, 0.15) is 46.5 Å². The largest absolute Gasteiger partial charge is 0.491 e. The molecule has 466 valence electrons. The van der Waals surface area contributed by atoms with E-state index in [-0.39, 0.29) is 13.2 Å². The highest BCUT2D eigenvalue weighted by atomic mass is 16.8. The number of benzene rings is 1. The van der Waals surface area contributed by atoms with E-state index in [1.165, 1.54) is 6.92 Å². The van der Waals surface area contributed by atoms with Gasteiger partial charge in [-0.25, -0.2) is 0 Å². The Morgan fingerprint density at radius 2 is 0.926 bits per heavy atom. The van der Waals surface area contributed by atoms with Crippen molar-refractivity contribution in [1.82, 2.24) is 5.32 Å². The van der Waals surface area contributed by atoms with Gasteiger partial charge in [0.2, 0.25) is 5.91 Å². The Morgan fingerprint density at radius 1 is 0.457 bits per heavy atom. The van der Waals surface area contributed by atoms with Crippen LogP contribution < -0.4 is 10.1 Å². The Hall–Kier alpha value is -2.63. The maximum atomic E-state index is 12.9. The Bertz CT molecular complexity index is 2020. The van der Waals surface area contributed by atoms with Gasteiger partial charge >= 0.3 is 0 Å². The zero-order chi connectivity index (χ0) is 59.0. The van der Waals surface area contributed by atoms with Crippen molar-refractivity contribution >= 4 is 5.91 Å². The predicted octanol–water partition coefficient (Wildman–Crippen LogP) is -8.24. The van der Waals surface area contributed by atoms with E-state index in [4.69, 9.17) is 61.6 Å². The standard InChI is InChI=1S/C50H81NO30/c1-4-5-6-10-13-69-46-37(66)34(63)41(26(76-46)18-70-21-11-8-7-9-12-21)78-48-38(67)35(64)40(25(17-55)75-48)77-49-39(68)43(31(60)24(16-54)73-49)80-45-27(51-20(3)56)42(30(59)23(15-53)72-45)79-50-44(33(62)29(58)22(14-52)74-50)81-47-36(65)32(61)28(57)19(2)71-47/h7-9,11-12,19,22-50,52-55,57-68H,4-6,10,13-18H2,1-3H3,(H,51,56)/t19?,22?,23?,24?,25?,26?,27?,28-,29+,30+,31+,32+,33+,34-,35-,36?,37?,38?,39?,40+,41-,42-,43+,44?,45+,46-,47+,48+,49-,50+/m1/s1. The van der Waals surface area contributed by atoms with Gasteiger partial charge in [0.25, 0.3) is 0 Å². The number of para-hydroxylation sites is 1. The van der Waals surface area contributed by atoms with E-state index >= 15 is 0 Å². The Morgan fingerprint density at radius 3 is 1.54 bits per heavy atom. The van der Waals surface area contributed by atoms with Gasteiger partial charge in [0.15, 0.2) is 37.7 Å². The smallest absolute Gasteiger partial charge is 0.217 e. The maximum Gasteiger partial charge on any atom is 0.217 e. The Kier molecular flexibility index (Phi) is 24.5. The van der Waals surface area contributed by atoms with Gasteiger partial charge in [0, 0.05) is 13.5 Å². The minimum Gasteiger partial charge on any atom is -0.491 e. The van der Waals surface area contributed by atoms with Crippen molar-refractivity contribution in [1.29, 1.82) is 0 Å². The van der Waals surface area contributed by atoms with Gasteiger partial charge in [-0.2, -0.15) is 0 Å². The summed E-state index contributed by atoms with van der Waals surface area (Å²) in [5.74, 6) is -0.445. The molecule has 1 aromatic rings. The highest BCUT2D eigenvalue weighted by Crippen LogP contribution is 2.37. The Balaban J connectivity index is 1.08. The summed E-state index contributed by atoms with van der Waals surface area (Å²) in [6.07, 6.45) is -49.2. The summed E-state index contributed by atoms with van der Waals surface area (Å²) in [6, 6.07) is 6.72. The van der Waals surface area contributed by atoms with Gasteiger partial charge in [-0.05, 0) is 25.5 Å². The summed E-state index contributed by atoms with van der Waals surface area (Å²) < 4.78 is 76.5. The second kappa shape index (κ2) is 30.1. The summed E-state index contributed by atoms with van der Waals surface area (Å²) in [5.41, 5.74) is 0. The van der Waals surface area contributed by atoms with Crippen molar-refractivity contribution in [3.63, 3.8) is 0 Å². The molecule has 6 heterocycles. The third kappa shape index (κ3) is 15.3. The number of nitrogens with one attached hydrogen (secondary N) is 1. The van der Waals surface area contributed by atoms with Crippen molar-refractivity contribution in [3.05, 3.63) is 30.3 Å². The normalized spacial score (nSPS) is 46.0. The molecule has 30 atom stereocenters. The van der Waals surface area contributed by atoms with Gasteiger partial charge in [-0.3, -0.25) is 4.79 Å². The molecule has 1 amide bonds. The van der Waals surface area contributed by atoms with Gasteiger partial charge in [-0.15, -0.1) is 0 Å². The molecule has 1 aromatic carbocycles. The minimum atomic E-state index is -2.20. The van der Waals surface area contributed by atoms with Crippen LogP contribution in [0.25, 0.3) is 0 Å². The SMILES string of the molecule is CCCCCCO[C@@H]1OC(COc2ccccc2)[C@@H](O[C@@H]2OC(CO)[C@H](O[C@H]3OC(CO)[C@H](O)[C@H](O[C@@H]4OC(CO)[C@H](O)[C@H](O[C@@H]5OC(CO)[C@H](O)[C@H](O)C5O[C@@H]5OC(C)[C@@H](O)[C@H](O)C5O)C4NC(C)=O)C3O)[C@H](O)C2O)[C@H](O)C1O. The quantitative estimate of drug-likeness (QED) is 0.0428. The summed E-state index contributed by atoms with van der Waals surface area (Å²) in [7, 11) is 0. The molecule has 6 aliphatic heterocycles. The van der Waals surface area contributed by atoms with Crippen LogP contribution in [0.2, 0.25) is 0 Å². The number of amides is 1. The van der Waals surface area contributed by atoms with E-state index < -0.39 is 217 Å². The molecule has 0 aliphatic carbocycles. The molecule has 6 aliphatic rings. The van der Waals surface area contributed by atoms with E-state index in [0.717, 1.165) is 26.2 Å². The fourth-order valence-electron chi connectivity index (χ4n) is 10.4. The fraction of sp³-hybridized carbons (Fsp3) is 0.860. The molecule has 7 rings (SSSR count). The van der Waals surface area contributed by atoms with E-state index in [1.54, 1.807) is 30.3 Å². The minimum absolute atomic E-state index is 0.189. The number of hydrogen-bond donors (Lipinski definition) is 17. The number of carbonyl (C=O) groups is 1. The Labute approximate surface area is 464 Å². The number of unbranched alkanes of at least 4 members (excludes halogenated alkanes) is 3. The lowest BCUT2D eigenvalue weighted by atomic mass is 9.94. The van der Waals surface area contributed by atoms with Gasteiger partial charge in [0.1, 0.15) is 153 Å². The van der Waals surface area contributed by atoms with E-state index in [1.807, 2.05) is 6.92 Å². The van der Waals surface area contributed by atoms with Gasteiger partial charge in [-0.1, -0.05) is 44.4 Å². The highest BCUT2D eigenvalue weighted by molar-refractivity contribution is 5.73. The number of hydrogen-bond acceptors (Lipinski definition) is 30. The average Bonchev–Trinajstić information content (AvgIpc) is 3.53. The van der Waals surface area contributed by atoms with Crippen LogP contribution in [-0.4, -0.2) is 311 Å². The van der Waals surface area contributed by atoms with Crippen LogP contribution >= 0.6 is 0 Å².